The zero-order chi connectivity index (χ0) is 14.9. The van der Waals surface area contributed by atoms with Crippen LogP contribution in [0, 0.1) is 0 Å². The number of H-pyrrole nitrogens is 1. The summed E-state index contributed by atoms with van der Waals surface area (Å²) < 4.78 is 0. The summed E-state index contributed by atoms with van der Waals surface area (Å²) in [6.07, 6.45) is 11.0. The normalized spacial score (nSPS) is 22.5. The molecule has 2 aromatic rings. The van der Waals surface area contributed by atoms with Crippen molar-refractivity contribution in [2.24, 2.45) is 0 Å². The van der Waals surface area contributed by atoms with Gasteiger partial charge in [0.1, 0.15) is 0 Å². The average molecular weight is 296 g/mol. The van der Waals surface area contributed by atoms with E-state index in [1.165, 1.54) is 59.8 Å². The minimum atomic E-state index is 0.159. The maximum atomic E-state index is 10.8. The molecule has 0 radical (unpaired) electrons. The van der Waals surface area contributed by atoms with Gasteiger partial charge in [0, 0.05) is 16.6 Å². The number of benzene rings is 1. The quantitative estimate of drug-likeness (QED) is 0.813. The van der Waals surface area contributed by atoms with Crippen LogP contribution in [0.5, 0.6) is 0 Å². The Hall–Kier alpha value is -1.77. The van der Waals surface area contributed by atoms with E-state index in [2.05, 4.69) is 28.5 Å². The fraction of sp³-hybridized carbons (Fsp3) is 0.526. The van der Waals surface area contributed by atoms with E-state index >= 15 is 0 Å². The van der Waals surface area contributed by atoms with E-state index in [4.69, 9.17) is 0 Å². The number of carbonyl (C=O) groups is 1. The van der Waals surface area contributed by atoms with Crippen LogP contribution >= 0.6 is 0 Å². The molecular weight excluding hydrogens is 272 g/mol. The van der Waals surface area contributed by atoms with E-state index in [1.54, 1.807) is 0 Å². The van der Waals surface area contributed by atoms with Crippen LogP contribution in [0.2, 0.25) is 0 Å². The van der Waals surface area contributed by atoms with Gasteiger partial charge in [-0.25, -0.2) is 0 Å². The molecule has 3 heteroatoms. The Balaban J connectivity index is 1.74. The van der Waals surface area contributed by atoms with Crippen LogP contribution in [0.15, 0.2) is 18.2 Å². The predicted octanol–water partition coefficient (Wildman–Crippen LogP) is 4.34. The largest absolute Gasteiger partial charge is 0.356 e. The van der Waals surface area contributed by atoms with E-state index in [0.717, 1.165) is 31.6 Å². The number of fused-ring (bicyclic) bond motifs is 3. The van der Waals surface area contributed by atoms with Crippen molar-refractivity contribution in [3.63, 3.8) is 0 Å². The molecule has 22 heavy (non-hydrogen) atoms. The third-order valence-electron chi connectivity index (χ3n) is 5.58. The van der Waals surface area contributed by atoms with Gasteiger partial charge in [-0.2, -0.15) is 0 Å². The van der Waals surface area contributed by atoms with Gasteiger partial charge in [-0.1, -0.05) is 25.3 Å². The standard InChI is InChI=1S/C19H24N2O/c22-12-20-18-8-4-7-15-16-11-14(13-5-2-1-3-6-13)9-10-17(16)21-19(15)18/h9-13,18,21H,1-8H2,(H,20,22)/t18-/m1/s1. The van der Waals surface area contributed by atoms with Crippen LogP contribution in [0.1, 0.15) is 73.7 Å². The number of aromatic amines is 1. The molecule has 0 spiro atoms. The maximum absolute atomic E-state index is 10.8. The second-order valence-corrected chi connectivity index (χ2v) is 6.89. The van der Waals surface area contributed by atoms with E-state index in [-0.39, 0.29) is 6.04 Å². The molecular formula is C19H24N2O. The molecule has 1 fully saturated rings. The van der Waals surface area contributed by atoms with Gasteiger partial charge in [-0.05, 0) is 61.3 Å². The van der Waals surface area contributed by atoms with Gasteiger partial charge in [0.15, 0.2) is 0 Å². The van der Waals surface area contributed by atoms with Gasteiger partial charge in [0.05, 0.1) is 6.04 Å². The van der Waals surface area contributed by atoms with Crippen molar-refractivity contribution in [1.82, 2.24) is 10.3 Å². The molecule has 1 aromatic heterocycles. The van der Waals surface area contributed by atoms with Crippen LogP contribution in [0.4, 0.5) is 0 Å². The Morgan fingerprint density at radius 2 is 1.95 bits per heavy atom. The predicted molar refractivity (Wildman–Crippen MR) is 89.0 cm³/mol. The van der Waals surface area contributed by atoms with Gasteiger partial charge in [-0.15, -0.1) is 0 Å². The zero-order valence-electron chi connectivity index (χ0n) is 13.0. The van der Waals surface area contributed by atoms with E-state index in [9.17, 15) is 4.79 Å². The van der Waals surface area contributed by atoms with E-state index in [1.807, 2.05) is 0 Å². The van der Waals surface area contributed by atoms with Crippen molar-refractivity contribution in [2.45, 2.75) is 63.3 Å². The third-order valence-corrected chi connectivity index (χ3v) is 5.58. The van der Waals surface area contributed by atoms with Crippen molar-refractivity contribution in [2.75, 3.05) is 0 Å². The second-order valence-electron chi connectivity index (χ2n) is 6.89. The van der Waals surface area contributed by atoms with Crippen molar-refractivity contribution in [3.05, 3.63) is 35.0 Å². The highest BCUT2D eigenvalue weighted by atomic mass is 16.1. The Bertz CT molecular complexity index is 682. The highest BCUT2D eigenvalue weighted by Crippen LogP contribution is 2.38. The summed E-state index contributed by atoms with van der Waals surface area (Å²) in [7, 11) is 0. The number of hydrogen-bond donors (Lipinski definition) is 2. The minimum absolute atomic E-state index is 0.159. The summed E-state index contributed by atoms with van der Waals surface area (Å²) >= 11 is 0. The summed E-state index contributed by atoms with van der Waals surface area (Å²) in [5, 5.41) is 4.35. The molecule has 0 saturated heterocycles. The minimum Gasteiger partial charge on any atom is -0.356 e. The topological polar surface area (TPSA) is 44.9 Å². The average Bonchev–Trinajstić information content (AvgIpc) is 2.95. The first-order chi connectivity index (χ1) is 10.9. The lowest BCUT2D eigenvalue weighted by molar-refractivity contribution is -0.110. The van der Waals surface area contributed by atoms with E-state index < -0.39 is 0 Å². The number of nitrogens with one attached hydrogen (secondary N) is 2. The lowest BCUT2D eigenvalue weighted by Gasteiger charge is -2.23. The first-order valence-electron chi connectivity index (χ1n) is 8.71. The fourth-order valence-corrected chi connectivity index (χ4v) is 4.42. The molecule has 4 rings (SSSR count). The summed E-state index contributed by atoms with van der Waals surface area (Å²) in [5.41, 5.74) is 5.40. The molecule has 1 saturated carbocycles. The first kappa shape index (κ1) is 13.9. The Morgan fingerprint density at radius 3 is 2.77 bits per heavy atom. The van der Waals surface area contributed by atoms with Crippen molar-refractivity contribution in [3.8, 4) is 0 Å². The molecule has 1 atom stereocenters. The van der Waals surface area contributed by atoms with Crippen LogP contribution in [0.25, 0.3) is 10.9 Å². The number of aryl methyl sites for hydroxylation is 1. The summed E-state index contributed by atoms with van der Waals surface area (Å²) in [6, 6.07) is 7.13. The second kappa shape index (κ2) is 5.79. The highest BCUT2D eigenvalue weighted by Gasteiger charge is 2.24. The Labute approximate surface area is 131 Å². The Morgan fingerprint density at radius 1 is 1.09 bits per heavy atom. The van der Waals surface area contributed by atoms with Crippen LogP contribution in [-0.2, 0) is 11.2 Å². The molecule has 1 heterocycles. The van der Waals surface area contributed by atoms with Gasteiger partial charge in [0.25, 0.3) is 0 Å². The van der Waals surface area contributed by atoms with Crippen molar-refractivity contribution in [1.29, 1.82) is 0 Å². The molecule has 2 N–H and O–H groups in total. The number of aromatic nitrogens is 1. The highest BCUT2D eigenvalue weighted by molar-refractivity contribution is 5.86. The molecule has 2 aliphatic carbocycles. The number of carbonyl (C=O) groups excluding carboxylic acids is 1. The molecule has 1 amide bonds. The third kappa shape index (κ3) is 2.33. The summed E-state index contributed by atoms with van der Waals surface area (Å²) in [6.45, 7) is 0. The molecule has 0 aliphatic heterocycles. The smallest absolute Gasteiger partial charge is 0.207 e. The molecule has 2 aliphatic rings. The summed E-state index contributed by atoms with van der Waals surface area (Å²) in [4.78, 5) is 14.4. The van der Waals surface area contributed by atoms with Gasteiger partial charge >= 0.3 is 0 Å². The molecule has 0 unspecified atom stereocenters. The van der Waals surface area contributed by atoms with Crippen molar-refractivity contribution < 1.29 is 4.79 Å². The maximum Gasteiger partial charge on any atom is 0.207 e. The zero-order valence-corrected chi connectivity index (χ0v) is 13.0. The fourth-order valence-electron chi connectivity index (χ4n) is 4.42. The van der Waals surface area contributed by atoms with Crippen LogP contribution < -0.4 is 5.32 Å². The van der Waals surface area contributed by atoms with Gasteiger partial charge in [0.2, 0.25) is 6.41 Å². The lowest BCUT2D eigenvalue weighted by Crippen LogP contribution is -2.23. The van der Waals surface area contributed by atoms with Crippen LogP contribution in [0.3, 0.4) is 0 Å². The summed E-state index contributed by atoms with van der Waals surface area (Å²) in [5.74, 6) is 0.746. The molecule has 0 bridgehead atoms. The first-order valence-corrected chi connectivity index (χ1v) is 8.71. The lowest BCUT2D eigenvalue weighted by atomic mass is 9.83. The SMILES string of the molecule is O=CN[C@@H]1CCCc2c1[nH]c1ccc(C3CCCCC3)cc21. The number of rotatable bonds is 3. The number of hydrogen-bond acceptors (Lipinski definition) is 1. The molecule has 1 aromatic carbocycles. The van der Waals surface area contributed by atoms with Crippen LogP contribution in [-0.4, -0.2) is 11.4 Å². The van der Waals surface area contributed by atoms with Gasteiger partial charge < -0.3 is 10.3 Å². The molecule has 116 valence electrons. The Kier molecular flexibility index (Phi) is 3.65. The van der Waals surface area contributed by atoms with Crippen molar-refractivity contribution >= 4 is 17.3 Å². The van der Waals surface area contributed by atoms with Gasteiger partial charge in [-0.3, -0.25) is 4.79 Å². The molecule has 3 nitrogen and oxygen atoms in total. The number of amides is 1. The van der Waals surface area contributed by atoms with E-state index in [0.29, 0.717) is 0 Å². The monoisotopic (exact) mass is 296 g/mol.